The molecule has 2 atom stereocenters. The largest absolute Gasteiger partial charge is 0.508 e. The molecule has 1 aromatic heterocycles. The number of phenolic OH excluding ortho intramolecular Hbond substituents is 1. The molecule has 0 saturated carbocycles. The minimum Gasteiger partial charge on any atom is -0.508 e. The quantitative estimate of drug-likeness (QED) is 0.278. The van der Waals surface area contributed by atoms with Gasteiger partial charge in [0.05, 0.1) is 0 Å². The molecular formula is C18H17N5O5S3. The Bertz CT molecular complexity index is 1070. The van der Waals surface area contributed by atoms with Crippen LogP contribution in [0.4, 0.5) is 10.5 Å². The Labute approximate surface area is 189 Å². The highest BCUT2D eigenvalue weighted by atomic mass is 32.2. The molecule has 2 aromatic rings. The average Bonchev–Trinajstić information content (AvgIpc) is 3.16. The van der Waals surface area contributed by atoms with Gasteiger partial charge in [-0.15, -0.1) is 22.0 Å². The molecule has 2 aliphatic rings. The number of carboxylic acid groups (broad SMARTS) is 1. The molecule has 1 saturated heterocycles. The van der Waals surface area contributed by atoms with Crippen LogP contribution in [0.25, 0.3) is 0 Å². The number of aromatic hydroxyl groups is 1. The third-order valence-electron chi connectivity index (χ3n) is 4.54. The van der Waals surface area contributed by atoms with Crippen molar-refractivity contribution < 1.29 is 24.6 Å². The number of carbonyl (C=O) groups excluding carboxylic acids is 2. The lowest BCUT2D eigenvalue weighted by Gasteiger charge is -2.49. The Morgan fingerprint density at radius 1 is 1.29 bits per heavy atom. The van der Waals surface area contributed by atoms with E-state index in [-0.39, 0.29) is 11.4 Å². The maximum atomic E-state index is 12.7. The lowest BCUT2D eigenvalue weighted by Crippen LogP contribution is -2.71. The number of anilines is 1. The monoisotopic (exact) mass is 479 g/mol. The van der Waals surface area contributed by atoms with Gasteiger partial charge in [0.2, 0.25) is 0 Å². The summed E-state index contributed by atoms with van der Waals surface area (Å²) in [5.41, 5.74) is 1.05. The van der Waals surface area contributed by atoms with E-state index in [9.17, 15) is 24.6 Å². The van der Waals surface area contributed by atoms with Gasteiger partial charge in [0.15, 0.2) is 4.34 Å². The van der Waals surface area contributed by atoms with Gasteiger partial charge in [-0.05, 0) is 36.8 Å². The standard InChI is InChI=1S/C18H17N5O5S3/c1-8-21-22-18(31-8)30-7-9-6-29-15-12(14(25)23(15)13(9)16(26)27)20-17(28)19-10-2-4-11(24)5-3-10/h2-5,12,15,24H,6-7H2,1H3,(H,26,27)(H2,19,20,28)/t12?,15-/m1/s1. The van der Waals surface area contributed by atoms with Gasteiger partial charge in [-0.1, -0.05) is 23.1 Å². The number of fused-ring (bicyclic) bond motifs is 1. The van der Waals surface area contributed by atoms with Crippen LogP contribution in [0.5, 0.6) is 5.75 Å². The molecule has 1 aromatic carbocycles. The number of nitrogens with zero attached hydrogens (tertiary/aromatic N) is 3. The Morgan fingerprint density at radius 3 is 2.68 bits per heavy atom. The number of phenols is 1. The molecule has 3 amide bonds. The van der Waals surface area contributed by atoms with Crippen molar-refractivity contribution in [2.24, 2.45) is 0 Å². The van der Waals surface area contributed by atoms with Crippen molar-refractivity contribution in [3.05, 3.63) is 40.5 Å². The second-order valence-corrected chi connectivity index (χ2v) is 10.2. The number of hydrogen-bond donors (Lipinski definition) is 4. The number of amides is 3. The summed E-state index contributed by atoms with van der Waals surface area (Å²) in [6.07, 6.45) is 0. The van der Waals surface area contributed by atoms with Crippen LogP contribution in [0.3, 0.4) is 0 Å². The van der Waals surface area contributed by atoms with E-state index >= 15 is 0 Å². The maximum absolute atomic E-state index is 12.7. The zero-order valence-corrected chi connectivity index (χ0v) is 18.5. The highest BCUT2D eigenvalue weighted by molar-refractivity contribution is 8.01. The van der Waals surface area contributed by atoms with Crippen LogP contribution in [-0.2, 0) is 9.59 Å². The van der Waals surface area contributed by atoms with Crippen molar-refractivity contribution in [2.75, 3.05) is 16.8 Å². The molecule has 3 heterocycles. The second-order valence-electron chi connectivity index (χ2n) is 6.67. The van der Waals surface area contributed by atoms with E-state index in [1.807, 2.05) is 6.92 Å². The van der Waals surface area contributed by atoms with Gasteiger partial charge < -0.3 is 20.8 Å². The summed E-state index contributed by atoms with van der Waals surface area (Å²) in [7, 11) is 0. The van der Waals surface area contributed by atoms with E-state index in [2.05, 4.69) is 20.8 Å². The van der Waals surface area contributed by atoms with Crippen LogP contribution in [0.15, 0.2) is 39.9 Å². The molecule has 0 radical (unpaired) electrons. The molecule has 4 N–H and O–H groups in total. The number of thioether (sulfide) groups is 2. The topological polar surface area (TPSA) is 145 Å². The van der Waals surface area contributed by atoms with Crippen LogP contribution in [0.1, 0.15) is 5.01 Å². The first-order valence-corrected chi connectivity index (χ1v) is 11.9. The first-order valence-electron chi connectivity index (χ1n) is 9.03. The number of aromatic nitrogens is 2. The van der Waals surface area contributed by atoms with Crippen molar-refractivity contribution in [3.8, 4) is 5.75 Å². The summed E-state index contributed by atoms with van der Waals surface area (Å²) in [4.78, 5) is 38.1. The fourth-order valence-electron chi connectivity index (χ4n) is 3.13. The molecule has 10 nitrogen and oxygen atoms in total. The smallest absolute Gasteiger partial charge is 0.352 e. The second kappa shape index (κ2) is 8.77. The summed E-state index contributed by atoms with van der Waals surface area (Å²) in [5, 5.41) is 32.5. The Kier molecular flexibility index (Phi) is 6.07. The molecular weight excluding hydrogens is 462 g/mol. The zero-order valence-electron chi connectivity index (χ0n) is 16.1. The van der Waals surface area contributed by atoms with E-state index in [1.54, 1.807) is 0 Å². The van der Waals surface area contributed by atoms with E-state index in [4.69, 9.17) is 0 Å². The molecule has 162 valence electrons. The van der Waals surface area contributed by atoms with E-state index in [0.717, 1.165) is 9.35 Å². The third-order valence-corrected chi connectivity index (χ3v) is 7.94. The van der Waals surface area contributed by atoms with Crippen molar-refractivity contribution in [1.29, 1.82) is 0 Å². The van der Waals surface area contributed by atoms with E-state index in [0.29, 0.717) is 22.8 Å². The van der Waals surface area contributed by atoms with Crippen LogP contribution in [0.2, 0.25) is 0 Å². The van der Waals surface area contributed by atoms with Gasteiger partial charge in [-0.25, -0.2) is 9.59 Å². The minimum atomic E-state index is -1.17. The zero-order chi connectivity index (χ0) is 22.1. The van der Waals surface area contributed by atoms with Gasteiger partial charge in [0.25, 0.3) is 5.91 Å². The number of β-lactam (4-membered cyclic amide) rings is 1. The summed E-state index contributed by atoms with van der Waals surface area (Å²) in [6, 6.07) is 4.49. The number of carboxylic acids is 1. The molecule has 0 aliphatic carbocycles. The molecule has 2 aliphatic heterocycles. The average molecular weight is 480 g/mol. The Balaban J connectivity index is 1.42. The molecule has 13 heteroatoms. The van der Waals surface area contributed by atoms with Gasteiger partial charge in [0.1, 0.15) is 27.9 Å². The SMILES string of the molecule is Cc1nnc(SCC2=C(C(=O)O)N3C(=O)C(NC(=O)Nc4ccc(O)cc4)[C@H]3SC2)s1. The minimum absolute atomic E-state index is 0.0283. The molecule has 0 spiro atoms. The highest BCUT2D eigenvalue weighted by Crippen LogP contribution is 2.41. The molecule has 1 unspecified atom stereocenters. The predicted molar refractivity (Wildman–Crippen MR) is 117 cm³/mol. The molecule has 0 bridgehead atoms. The van der Waals surface area contributed by atoms with Gasteiger partial charge in [-0.3, -0.25) is 9.69 Å². The number of hydrogen-bond acceptors (Lipinski definition) is 9. The first kappa shape index (κ1) is 21.5. The summed E-state index contributed by atoms with van der Waals surface area (Å²) in [5.74, 6) is -0.755. The molecule has 31 heavy (non-hydrogen) atoms. The van der Waals surface area contributed by atoms with Gasteiger partial charge in [0, 0.05) is 17.2 Å². The van der Waals surface area contributed by atoms with Crippen molar-refractivity contribution >= 4 is 58.5 Å². The number of aliphatic carboxylic acids is 1. The number of aryl methyl sites for hydroxylation is 1. The number of benzene rings is 1. The lowest BCUT2D eigenvalue weighted by molar-refractivity contribution is -0.148. The summed E-state index contributed by atoms with van der Waals surface area (Å²) in [6.45, 7) is 1.84. The Hall–Kier alpha value is -2.77. The van der Waals surface area contributed by atoms with Crippen molar-refractivity contribution in [2.45, 2.75) is 22.7 Å². The fourth-order valence-corrected chi connectivity index (χ4v) is 6.43. The van der Waals surface area contributed by atoms with E-state index < -0.39 is 29.3 Å². The van der Waals surface area contributed by atoms with Crippen molar-refractivity contribution in [3.63, 3.8) is 0 Å². The number of nitrogens with one attached hydrogen (secondary N) is 2. The number of carbonyl (C=O) groups is 3. The van der Waals surface area contributed by atoms with Crippen LogP contribution in [-0.4, -0.2) is 66.1 Å². The van der Waals surface area contributed by atoms with Gasteiger partial charge in [-0.2, -0.15) is 0 Å². The normalized spacial score (nSPS) is 20.2. The Morgan fingerprint density at radius 2 is 2.03 bits per heavy atom. The van der Waals surface area contributed by atoms with Crippen LogP contribution in [0, 0.1) is 6.92 Å². The highest BCUT2D eigenvalue weighted by Gasteiger charge is 2.54. The fraction of sp³-hybridized carbons (Fsp3) is 0.278. The van der Waals surface area contributed by atoms with Crippen molar-refractivity contribution in [1.82, 2.24) is 20.4 Å². The number of urea groups is 1. The van der Waals surface area contributed by atoms with Crippen LogP contribution >= 0.6 is 34.9 Å². The van der Waals surface area contributed by atoms with Gasteiger partial charge >= 0.3 is 12.0 Å². The maximum Gasteiger partial charge on any atom is 0.352 e. The first-order chi connectivity index (χ1) is 14.8. The summed E-state index contributed by atoms with van der Waals surface area (Å²) < 4.78 is 0.738. The molecule has 1 fully saturated rings. The van der Waals surface area contributed by atoms with E-state index in [1.165, 1.54) is 64.0 Å². The number of rotatable bonds is 6. The predicted octanol–water partition coefficient (Wildman–Crippen LogP) is 2.09. The lowest BCUT2D eigenvalue weighted by atomic mass is 10.0. The molecule has 4 rings (SSSR count). The van der Waals surface area contributed by atoms with Crippen LogP contribution < -0.4 is 10.6 Å². The third kappa shape index (κ3) is 4.48. The summed E-state index contributed by atoms with van der Waals surface area (Å²) >= 11 is 4.22.